The van der Waals surface area contributed by atoms with Gasteiger partial charge in [-0.2, -0.15) is 14.6 Å². The molecule has 1 fully saturated rings. The van der Waals surface area contributed by atoms with Crippen LogP contribution in [0.1, 0.15) is 36.1 Å². The number of ether oxygens (including phenoxy) is 1. The Kier molecular flexibility index (Phi) is 5.44. The number of aryl methyl sites for hydroxylation is 1. The molecule has 1 aliphatic heterocycles. The highest BCUT2D eigenvalue weighted by molar-refractivity contribution is 5.79. The maximum Gasteiger partial charge on any atom is 0.254 e. The number of piperidine rings is 1. The third-order valence-electron chi connectivity index (χ3n) is 6.39. The normalized spacial score (nSPS) is 18.2. The summed E-state index contributed by atoms with van der Waals surface area (Å²) >= 11 is 0. The minimum atomic E-state index is -0.0200. The van der Waals surface area contributed by atoms with Crippen LogP contribution in [0.4, 0.5) is 5.82 Å². The van der Waals surface area contributed by atoms with Crippen LogP contribution in [-0.4, -0.2) is 52.2 Å². The highest BCUT2D eigenvalue weighted by Gasteiger charge is 2.31. The Morgan fingerprint density at radius 1 is 1.23 bits per heavy atom. The van der Waals surface area contributed by atoms with E-state index in [0.717, 1.165) is 62.3 Å². The Labute approximate surface area is 181 Å². The SMILES string of the molecule is COc1ccc(CCNC(=O)[C@H]2CCCN(c3c4c(nc5ncnn35)CCC4)C2)cc1. The van der Waals surface area contributed by atoms with Gasteiger partial charge in [-0.3, -0.25) is 4.79 Å². The molecular weight excluding hydrogens is 392 g/mol. The quantitative estimate of drug-likeness (QED) is 0.658. The Balaban J connectivity index is 1.25. The van der Waals surface area contributed by atoms with Gasteiger partial charge in [0.1, 0.15) is 17.9 Å². The molecule has 2 aliphatic rings. The first kappa shape index (κ1) is 19.8. The van der Waals surface area contributed by atoms with Gasteiger partial charge in [-0.1, -0.05) is 12.1 Å². The minimum Gasteiger partial charge on any atom is -0.497 e. The monoisotopic (exact) mass is 420 g/mol. The second-order valence-electron chi connectivity index (χ2n) is 8.36. The summed E-state index contributed by atoms with van der Waals surface area (Å²) in [7, 11) is 1.66. The van der Waals surface area contributed by atoms with E-state index in [-0.39, 0.29) is 11.8 Å². The molecule has 0 saturated carbocycles. The number of nitrogens with one attached hydrogen (secondary N) is 1. The molecule has 0 unspecified atom stereocenters. The van der Waals surface area contributed by atoms with Crippen LogP contribution < -0.4 is 15.0 Å². The predicted molar refractivity (Wildman–Crippen MR) is 117 cm³/mol. The molecule has 1 aliphatic carbocycles. The van der Waals surface area contributed by atoms with Gasteiger partial charge in [0, 0.05) is 25.2 Å². The van der Waals surface area contributed by atoms with Crippen LogP contribution in [0.25, 0.3) is 5.78 Å². The zero-order valence-electron chi connectivity index (χ0n) is 17.9. The van der Waals surface area contributed by atoms with Crippen molar-refractivity contribution in [2.75, 3.05) is 31.6 Å². The van der Waals surface area contributed by atoms with E-state index in [0.29, 0.717) is 18.9 Å². The van der Waals surface area contributed by atoms with E-state index >= 15 is 0 Å². The van der Waals surface area contributed by atoms with Crippen molar-refractivity contribution in [1.29, 1.82) is 0 Å². The molecule has 2 aromatic heterocycles. The fourth-order valence-electron chi connectivity index (χ4n) is 4.78. The molecule has 3 aromatic rings. The van der Waals surface area contributed by atoms with Crippen molar-refractivity contribution in [3.63, 3.8) is 0 Å². The van der Waals surface area contributed by atoms with Gasteiger partial charge in [0.15, 0.2) is 0 Å². The molecular formula is C23H28N6O2. The number of hydrogen-bond acceptors (Lipinski definition) is 6. The standard InChI is InChI=1S/C23H28N6O2/c1-31-18-9-7-16(8-10-18)11-12-24-21(30)17-4-3-13-28(14-17)22-19-5-2-6-20(19)27-23-25-15-26-29(22)23/h7-10,15,17H,2-6,11-14H2,1H3,(H,24,30)/t17-/m0/s1. The van der Waals surface area contributed by atoms with Crippen LogP contribution in [-0.2, 0) is 24.1 Å². The molecule has 1 aromatic carbocycles. The molecule has 31 heavy (non-hydrogen) atoms. The first-order valence-corrected chi connectivity index (χ1v) is 11.1. The molecule has 0 spiro atoms. The van der Waals surface area contributed by atoms with Crippen LogP contribution in [0.2, 0.25) is 0 Å². The summed E-state index contributed by atoms with van der Waals surface area (Å²) in [6, 6.07) is 7.99. The molecule has 5 rings (SSSR count). The van der Waals surface area contributed by atoms with Crippen LogP contribution in [0.5, 0.6) is 5.75 Å². The lowest BCUT2D eigenvalue weighted by atomic mass is 9.96. The van der Waals surface area contributed by atoms with E-state index in [9.17, 15) is 4.79 Å². The average molecular weight is 421 g/mol. The number of anilines is 1. The number of methoxy groups -OCH3 is 1. The number of carbonyl (C=O) groups excluding carboxylic acids is 1. The Bertz CT molecular complexity index is 1080. The van der Waals surface area contributed by atoms with Crippen molar-refractivity contribution in [2.45, 2.75) is 38.5 Å². The van der Waals surface area contributed by atoms with Crippen molar-refractivity contribution in [2.24, 2.45) is 5.92 Å². The number of rotatable bonds is 6. The predicted octanol–water partition coefficient (Wildman–Crippen LogP) is 2.20. The Hall–Kier alpha value is -3.16. The largest absolute Gasteiger partial charge is 0.497 e. The third-order valence-corrected chi connectivity index (χ3v) is 6.39. The summed E-state index contributed by atoms with van der Waals surface area (Å²) in [5, 5.41) is 7.57. The fourth-order valence-corrected chi connectivity index (χ4v) is 4.78. The van der Waals surface area contributed by atoms with Crippen molar-refractivity contribution < 1.29 is 9.53 Å². The topological polar surface area (TPSA) is 84.6 Å². The lowest BCUT2D eigenvalue weighted by molar-refractivity contribution is -0.125. The number of amides is 1. The van der Waals surface area contributed by atoms with Gasteiger partial charge in [0.2, 0.25) is 5.91 Å². The van der Waals surface area contributed by atoms with Gasteiger partial charge in [-0.25, -0.2) is 4.98 Å². The van der Waals surface area contributed by atoms with Crippen molar-refractivity contribution in [1.82, 2.24) is 24.9 Å². The summed E-state index contributed by atoms with van der Waals surface area (Å²) in [4.78, 5) is 24.2. The number of nitrogens with zero attached hydrogens (tertiary/aromatic N) is 5. The smallest absolute Gasteiger partial charge is 0.254 e. The molecule has 1 saturated heterocycles. The lowest BCUT2D eigenvalue weighted by Crippen LogP contribution is -2.44. The number of hydrogen-bond donors (Lipinski definition) is 1. The molecule has 1 atom stereocenters. The van der Waals surface area contributed by atoms with Gasteiger partial charge in [0.05, 0.1) is 18.7 Å². The number of fused-ring (bicyclic) bond motifs is 2. The Morgan fingerprint density at radius 2 is 2.10 bits per heavy atom. The zero-order chi connectivity index (χ0) is 21.2. The second-order valence-corrected chi connectivity index (χ2v) is 8.36. The lowest BCUT2D eigenvalue weighted by Gasteiger charge is -2.34. The van der Waals surface area contributed by atoms with E-state index in [1.54, 1.807) is 13.4 Å². The van der Waals surface area contributed by atoms with Gasteiger partial charge in [-0.05, 0) is 56.2 Å². The van der Waals surface area contributed by atoms with E-state index in [1.807, 2.05) is 28.8 Å². The molecule has 162 valence electrons. The number of carbonyl (C=O) groups is 1. The summed E-state index contributed by atoms with van der Waals surface area (Å²) in [5.41, 5.74) is 3.60. The number of benzene rings is 1. The van der Waals surface area contributed by atoms with E-state index in [2.05, 4.69) is 25.3 Å². The molecule has 8 heteroatoms. The molecule has 1 N–H and O–H groups in total. The van der Waals surface area contributed by atoms with Gasteiger partial charge >= 0.3 is 0 Å². The first-order chi connectivity index (χ1) is 15.2. The maximum atomic E-state index is 12.9. The van der Waals surface area contributed by atoms with Crippen molar-refractivity contribution >= 4 is 17.5 Å². The fraction of sp³-hybridized carbons (Fsp3) is 0.478. The minimum absolute atomic E-state index is 0.0200. The molecule has 1 amide bonds. The average Bonchev–Trinajstić information content (AvgIpc) is 3.47. The molecule has 8 nitrogen and oxygen atoms in total. The highest BCUT2D eigenvalue weighted by Crippen LogP contribution is 2.33. The summed E-state index contributed by atoms with van der Waals surface area (Å²) in [5.74, 6) is 2.71. The first-order valence-electron chi connectivity index (χ1n) is 11.1. The zero-order valence-corrected chi connectivity index (χ0v) is 17.9. The van der Waals surface area contributed by atoms with E-state index in [1.165, 1.54) is 11.1 Å². The molecule has 3 heterocycles. The van der Waals surface area contributed by atoms with Crippen LogP contribution >= 0.6 is 0 Å². The summed E-state index contributed by atoms with van der Waals surface area (Å²) in [6.45, 7) is 2.28. The molecule has 0 bridgehead atoms. The van der Waals surface area contributed by atoms with Gasteiger partial charge in [0.25, 0.3) is 5.78 Å². The van der Waals surface area contributed by atoms with Crippen LogP contribution in [0.15, 0.2) is 30.6 Å². The van der Waals surface area contributed by atoms with Crippen molar-refractivity contribution in [3.8, 4) is 5.75 Å². The van der Waals surface area contributed by atoms with E-state index in [4.69, 9.17) is 4.74 Å². The summed E-state index contributed by atoms with van der Waals surface area (Å²) in [6.07, 6.45) is 7.41. The van der Waals surface area contributed by atoms with Crippen LogP contribution in [0.3, 0.4) is 0 Å². The Morgan fingerprint density at radius 3 is 2.94 bits per heavy atom. The molecule has 0 radical (unpaired) electrons. The maximum absolute atomic E-state index is 12.9. The van der Waals surface area contributed by atoms with E-state index < -0.39 is 0 Å². The van der Waals surface area contributed by atoms with Crippen LogP contribution in [0, 0.1) is 5.92 Å². The van der Waals surface area contributed by atoms with Gasteiger partial charge in [-0.15, -0.1) is 0 Å². The second kappa shape index (κ2) is 8.53. The summed E-state index contributed by atoms with van der Waals surface area (Å²) < 4.78 is 7.05. The third kappa shape index (κ3) is 3.94. The van der Waals surface area contributed by atoms with Crippen molar-refractivity contribution in [3.05, 3.63) is 47.4 Å². The number of aromatic nitrogens is 4. The van der Waals surface area contributed by atoms with Gasteiger partial charge < -0.3 is 15.0 Å². The highest BCUT2D eigenvalue weighted by atomic mass is 16.5.